The third kappa shape index (κ3) is 4.01. The van der Waals surface area contributed by atoms with Crippen LogP contribution >= 0.6 is 11.6 Å². The van der Waals surface area contributed by atoms with Crippen LogP contribution in [0.1, 0.15) is 40.5 Å². The average molecular weight is 382 g/mol. The van der Waals surface area contributed by atoms with Gasteiger partial charge in [-0.25, -0.2) is 4.98 Å². The minimum Gasteiger partial charge on any atom is -0.338 e. The fourth-order valence-electron chi connectivity index (χ4n) is 3.58. The molecule has 4 heterocycles. The first-order chi connectivity index (χ1) is 13.2. The van der Waals surface area contributed by atoms with E-state index in [1.807, 2.05) is 29.4 Å². The van der Waals surface area contributed by atoms with Gasteiger partial charge in [0.15, 0.2) is 0 Å². The minimum atomic E-state index is -0.0260. The summed E-state index contributed by atoms with van der Waals surface area (Å²) in [6.07, 6.45) is 12.5. The highest BCUT2D eigenvalue weighted by Gasteiger charge is 2.28. The van der Waals surface area contributed by atoms with Crippen molar-refractivity contribution in [2.45, 2.75) is 25.3 Å². The van der Waals surface area contributed by atoms with Crippen LogP contribution in [-0.4, -0.2) is 43.4 Å². The number of piperidine rings is 1. The van der Waals surface area contributed by atoms with Crippen molar-refractivity contribution in [3.63, 3.8) is 0 Å². The van der Waals surface area contributed by atoms with E-state index in [0.29, 0.717) is 17.1 Å². The van der Waals surface area contributed by atoms with Crippen molar-refractivity contribution in [1.82, 2.24) is 24.4 Å². The number of hydrogen-bond donors (Lipinski definition) is 0. The summed E-state index contributed by atoms with van der Waals surface area (Å²) in [6.45, 7) is 2.14. The van der Waals surface area contributed by atoms with Gasteiger partial charge in [0, 0.05) is 62.7 Å². The molecule has 1 aliphatic rings. The van der Waals surface area contributed by atoms with E-state index in [4.69, 9.17) is 11.6 Å². The molecule has 1 fully saturated rings. The number of likely N-dealkylation sites (tertiary alicyclic amines) is 1. The van der Waals surface area contributed by atoms with Crippen molar-refractivity contribution >= 4 is 17.5 Å². The quantitative estimate of drug-likeness (QED) is 0.694. The van der Waals surface area contributed by atoms with Gasteiger partial charge < -0.3 is 9.47 Å². The van der Waals surface area contributed by atoms with Gasteiger partial charge >= 0.3 is 0 Å². The number of carbonyl (C=O) groups excluding carboxylic acids is 1. The Kier molecular flexibility index (Phi) is 5.16. The summed E-state index contributed by atoms with van der Waals surface area (Å²) in [5.74, 6) is 1.21. The van der Waals surface area contributed by atoms with Crippen molar-refractivity contribution < 1.29 is 4.79 Å². The Morgan fingerprint density at radius 1 is 1.19 bits per heavy atom. The molecule has 138 valence electrons. The standard InChI is InChI=1S/C20H20ClN5O/c21-18-10-17(11-23-12-18)20(27)26-8-1-2-16(14-26)19-24-7-9-25(19)13-15-3-5-22-6-4-15/h3-7,9-12,16H,1-2,8,13-14H2/t16-/m1/s1. The molecule has 0 radical (unpaired) electrons. The van der Waals surface area contributed by atoms with Gasteiger partial charge in [-0.2, -0.15) is 0 Å². The van der Waals surface area contributed by atoms with Gasteiger partial charge in [0.2, 0.25) is 0 Å². The van der Waals surface area contributed by atoms with Crippen LogP contribution in [0.4, 0.5) is 0 Å². The van der Waals surface area contributed by atoms with E-state index in [1.54, 1.807) is 24.7 Å². The number of rotatable bonds is 4. The van der Waals surface area contributed by atoms with E-state index in [1.165, 1.54) is 11.8 Å². The second-order valence-electron chi connectivity index (χ2n) is 6.75. The zero-order valence-corrected chi connectivity index (χ0v) is 15.6. The Labute approximate surface area is 162 Å². The molecule has 0 spiro atoms. The highest BCUT2D eigenvalue weighted by molar-refractivity contribution is 6.30. The van der Waals surface area contributed by atoms with Gasteiger partial charge in [0.05, 0.1) is 10.6 Å². The van der Waals surface area contributed by atoms with Crippen LogP contribution in [0.2, 0.25) is 5.02 Å². The van der Waals surface area contributed by atoms with E-state index in [0.717, 1.165) is 31.8 Å². The molecule has 3 aromatic heterocycles. The number of amides is 1. The fraction of sp³-hybridized carbons (Fsp3) is 0.300. The summed E-state index contributed by atoms with van der Waals surface area (Å²) in [6, 6.07) is 5.68. The predicted octanol–water partition coefficient (Wildman–Crippen LogP) is 3.39. The molecular formula is C20H20ClN5O. The lowest BCUT2D eigenvalue weighted by molar-refractivity contribution is 0.0703. The molecule has 7 heteroatoms. The maximum atomic E-state index is 12.8. The lowest BCUT2D eigenvalue weighted by atomic mass is 9.96. The van der Waals surface area contributed by atoms with Crippen LogP contribution in [0, 0.1) is 0 Å². The monoisotopic (exact) mass is 381 g/mol. The predicted molar refractivity (Wildman–Crippen MR) is 103 cm³/mol. The second kappa shape index (κ2) is 7.88. The molecule has 0 unspecified atom stereocenters. The summed E-state index contributed by atoms with van der Waals surface area (Å²) >= 11 is 5.98. The molecule has 27 heavy (non-hydrogen) atoms. The van der Waals surface area contributed by atoms with Gasteiger partial charge in [-0.1, -0.05) is 11.6 Å². The summed E-state index contributed by atoms with van der Waals surface area (Å²) in [5, 5.41) is 0.474. The Morgan fingerprint density at radius 2 is 2.04 bits per heavy atom. The van der Waals surface area contributed by atoms with Crippen LogP contribution in [0.25, 0.3) is 0 Å². The molecule has 0 bridgehead atoms. The van der Waals surface area contributed by atoms with Crippen LogP contribution in [0.15, 0.2) is 55.4 Å². The van der Waals surface area contributed by atoms with Gasteiger partial charge in [-0.3, -0.25) is 14.8 Å². The number of hydrogen-bond acceptors (Lipinski definition) is 4. The van der Waals surface area contributed by atoms with Gasteiger partial charge in [-0.15, -0.1) is 0 Å². The normalized spacial score (nSPS) is 17.1. The Balaban J connectivity index is 1.51. The molecule has 6 nitrogen and oxygen atoms in total. The molecule has 1 amide bonds. The lowest BCUT2D eigenvalue weighted by Gasteiger charge is -2.32. The van der Waals surface area contributed by atoms with Crippen LogP contribution in [0.3, 0.4) is 0 Å². The molecule has 0 N–H and O–H groups in total. The smallest absolute Gasteiger partial charge is 0.255 e. The van der Waals surface area contributed by atoms with E-state index in [9.17, 15) is 4.79 Å². The minimum absolute atomic E-state index is 0.0260. The number of halogens is 1. The van der Waals surface area contributed by atoms with Gasteiger partial charge in [-0.05, 0) is 36.6 Å². The van der Waals surface area contributed by atoms with Crippen molar-refractivity contribution in [3.8, 4) is 0 Å². The van der Waals surface area contributed by atoms with E-state index in [-0.39, 0.29) is 11.8 Å². The first-order valence-corrected chi connectivity index (χ1v) is 9.38. The number of nitrogens with zero attached hydrogens (tertiary/aromatic N) is 5. The molecule has 4 rings (SSSR count). The number of carbonyl (C=O) groups is 1. The first-order valence-electron chi connectivity index (χ1n) is 9.00. The molecule has 1 atom stereocenters. The van der Waals surface area contributed by atoms with Crippen molar-refractivity contribution in [1.29, 1.82) is 0 Å². The van der Waals surface area contributed by atoms with E-state index < -0.39 is 0 Å². The molecule has 0 aromatic carbocycles. The zero-order chi connectivity index (χ0) is 18.6. The topological polar surface area (TPSA) is 63.9 Å². The van der Waals surface area contributed by atoms with Crippen LogP contribution in [0.5, 0.6) is 0 Å². The molecule has 1 aliphatic heterocycles. The van der Waals surface area contributed by atoms with E-state index >= 15 is 0 Å². The fourth-order valence-corrected chi connectivity index (χ4v) is 3.76. The van der Waals surface area contributed by atoms with Crippen LogP contribution in [-0.2, 0) is 6.54 Å². The third-order valence-electron chi connectivity index (χ3n) is 4.88. The highest BCUT2D eigenvalue weighted by atomic mass is 35.5. The third-order valence-corrected chi connectivity index (χ3v) is 5.08. The van der Waals surface area contributed by atoms with E-state index in [2.05, 4.69) is 19.5 Å². The number of imidazole rings is 1. The molecule has 3 aromatic rings. The number of pyridine rings is 2. The maximum absolute atomic E-state index is 12.8. The zero-order valence-electron chi connectivity index (χ0n) is 14.8. The molecule has 0 aliphatic carbocycles. The second-order valence-corrected chi connectivity index (χ2v) is 7.19. The largest absolute Gasteiger partial charge is 0.338 e. The summed E-state index contributed by atoms with van der Waals surface area (Å²) in [5.41, 5.74) is 1.71. The Morgan fingerprint density at radius 3 is 2.85 bits per heavy atom. The van der Waals surface area contributed by atoms with Gasteiger partial charge in [0.25, 0.3) is 5.91 Å². The Bertz CT molecular complexity index is 927. The highest BCUT2D eigenvalue weighted by Crippen LogP contribution is 2.27. The lowest BCUT2D eigenvalue weighted by Crippen LogP contribution is -2.39. The summed E-state index contributed by atoms with van der Waals surface area (Å²) in [4.78, 5) is 27.4. The molecular weight excluding hydrogens is 362 g/mol. The van der Waals surface area contributed by atoms with Gasteiger partial charge in [0.1, 0.15) is 5.82 Å². The van der Waals surface area contributed by atoms with Crippen molar-refractivity contribution in [2.75, 3.05) is 13.1 Å². The summed E-state index contributed by atoms with van der Waals surface area (Å²) < 4.78 is 2.16. The summed E-state index contributed by atoms with van der Waals surface area (Å²) in [7, 11) is 0. The van der Waals surface area contributed by atoms with Crippen LogP contribution < -0.4 is 0 Å². The van der Waals surface area contributed by atoms with Crippen molar-refractivity contribution in [2.24, 2.45) is 0 Å². The molecule has 0 saturated carbocycles. The molecule has 1 saturated heterocycles. The first kappa shape index (κ1) is 17.7. The SMILES string of the molecule is O=C(c1cncc(Cl)c1)N1CCC[C@@H](c2nccn2Cc2ccncc2)C1. The maximum Gasteiger partial charge on any atom is 0.255 e. The van der Waals surface area contributed by atoms with Crippen molar-refractivity contribution in [3.05, 3.63) is 77.4 Å². The number of aromatic nitrogens is 4. The average Bonchev–Trinajstić information content (AvgIpc) is 3.16. The Hall–Kier alpha value is -2.73.